The SMILES string of the molecule is CC1=C(C(=O)Nc2cccc(Sc3ccc4nc(N5CCCCC5)[nH]c4n3)c2Cl)C(=O)N(C)C1Cc1ccccc1. The van der Waals surface area contributed by atoms with Crippen LogP contribution in [0, 0.1) is 0 Å². The summed E-state index contributed by atoms with van der Waals surface area (Å²) in [5.74, 6) is 0.115. The van der Waals surface area contributed by atoms with Gasteiger partial charge in [-0.2, -0.15) is 0 Å². The number of aromatic nitrogens is 3. The predicted molar refractivity (Wildman–Crippen MR) is 164 cm³/mol. The van der Waals surface area contributed by atoms with Gasteiger partial charge in [-0.1, -0.05) is 59.8 Å². The summed E-state index contributed by atoms with van der Waals surface area (Å²) in [6.45, 7) is 3.86. The number of piperidine rings is 1. The number of rotatable bonds is 7. The Morgan fingerprint density at radius 1 is 1.05 bits per heavy atom. The number of nitrogens with one attached hydrogen (secondary N) is 2. The zero-order valence-electron chi connectivity index (χ0n) is 23.0. The maximum atomic E-state index is 13.4. The molecule has 2 amide bonds. The molecule has 2 N–H and O–H groups in total. The standard InChI is InChI=1S/C31H31ClN6O2S/c1-19-23(18-20-10-5-3-6-11-20)37(2)30(40)26(19)29(39)33-21-12-9-13-24(27(21)32)41-25-15-14-22-28(35-25)36-31(34-22)38-16-7-4-8-17-38/h3,5-6,9-15,23H,4,7-8,16-18H2,1-2H3,(H,33,39)(H,34,35,36). The molecule has 0 bridgehead atoms. The monoisotopic (exact) mass is 586 g/mol. The normalized spacial score (nSPS) is 17.5. The molecule has 0 aliphatic carbocycles. The third kappa shape index (κ3) is 5.56. The molecule has 0 radical (unpaired) electrons. The number of anilines is 2. The van der Waals surface area contributed by atoms with Crippen LogP contribution in [0.25, 0.3) is 11.2 Å². The Morgan fingerprint density at radius 3 is 2.61 bits per heavy atom. The van der Waals surface area contributed by atoms with E-state index in [4.69, 9.17) is 21.6 Å². The van der Waals surface area contributed by atoms with Gasteiger partial charge in [-0.3, -0.25) is 9.59 Å². The predicted octanol–water partition coefficient (Wildman–Crippen LogP) is 6.09. The molecule has 210 valence electrons. The molecule has 0 saturated carbocycles. The highest BCUT2D eigenvalue weighted by atomic mass is 35.5. The number of fused-ring (bicyclic) bond motifs is 1. The van der Waals surface area contributed by atoms with E-state index in [2.05, 4.69) is 15.2 Å². The van der Waals surface area contributed by atoms with E-state index < -0.39 is 5.91 Å². The number of imidazole rings is 1. The molecule has 4 heterocycles. The number of hydrogen-bond donors (Lipinski definition) is 2. The van der Waals surface area contributed by atoms with Crippen LogP contribution in [0.2, 0.25) is 5.02 Å². The molecule has 1 saturated heterocycles. The van der Waals surface area contributed by atoms with Gasteiger partial charge in [-0.25, -0.2) is 9.97 Å². The average molecular weight is 587 g/mol. The minimum atomic E-state index is -0.457. The second-order valence-electron chi connectivity index (χ2n) is 10.5. The minimum absolute atomic E-state index is 0.165. The maximum Gasteiger partial charge on any atom is 0.261 e. The molecule has 2 aliphatic heterocycles. The number of hydrogen-bond acceptors (Lipinski definition) is 6. The number of pyridine rings is 1. The molecule has 8 nitrogen and oxygen atoms in total. The van der Waals surface area contributed by atoms with Gasteiger partial charge >= 0.3 is 0 Å². The van der Waals surface area contributed by atoms with Crippen molar-refractivity contribution >= 4 is 58.0 Å². The van der Waals surface area contributed by atoms with Crippen molar-refractivity contribution in [2.45, 2.75) is 48.6 Å². The summed E-state index contributed by atoms with van der Waals surface area (Å²) >= 11 is 8.18. The number of aromatic amines is 1. The molecule has 2 aliphatic rings. The van der Waals surface area contributed by atoms with Gasteiger partial charge in [0.15, 0.2) is 5.65 Å². The van der Waals surface area contributed by atoms with E-state index in [1.807, 2.05) is 61.5 Å². The van der Waals surface area contributed by atoms with Crippen molar-refractivity contribution in [3.8, 4) is 0 Å². The Labute approximate surface area is 248 Å². The molecule has 1 unspecified atom stereocenters. The second kappa shape index (κ2) is 11.6. The molecule has 6 rings (SSSR count). The van der Waals surface area contributed by atoms with Crippen LogP contribution in [-0.2, 0) is 16.0 Å². The topological polar surface area (TPSA) is 94.2 Å². The molecule has 1 fully saturated rings. The summed E-state index contributed by atoms with van der Waals surface area (Å²) in [5.41, 5.74) is 4.02. The Morgan fingerprint density at radius 2 is 1.83 bits per heavy atom. The summed E-state index contributed by atoms with van der Waals surface area (Å²) in [4.78, 5) is 44.0. The number of H-pyrrole nitrogens is 1. The van der Waals surface area contributed by atoms with Crippen molar-refractivity contribution in [1.29, 1.82) is 0 Å². The molecule has 10 heteroatoms. The Hall–Kier alpha value is -3.82. The first-order valence-electron chi connectivity index (χ1n) is 13.8. The number of nitrogens with zero attached hydrogens (tertiary/aromatic N) is 4. The van der Waals surface area contributed by atoms with Crippen LogP contribution in [0.3, 0.4) is 0 Å². The van der Waals surface area contributed by atoms with Crippen LogP contribution in [0.15, 0.2) is 81.7 Å². The lowest BCUT2D eigenvalue weighted by Gasteiger charge is -2.25. The Kier molecular flexibility index (Phi) is 7.73. The highest BCUT2D eigenvalue weighted by Gasteiger charge is 2.38. The average Bonchev–Trinajstić information content (AvgIpc) is 3.50. The Balaban J connectivity index is 1.19. The van der Waals surface area contributed by atoms with Crippen LogP contribution in [0.4, 0.5) is 11.6 Å². The molecule has 41 heavy (non-hydrogen) atoms. The van der Waals surface area contributed by atoms with E-state index >= 15 is 0 Å². The fourth-order valence-electron chi connectivity index (χ4n) is 5.51. The first kappa shape index (κ1) is 27.4. The summed E-state index contributed by atoms with van der Waals surface area (Å²) in [7, 11) is 1.74. The molecule has 1 atom stereocenters. The summed E-state index contributed by atoms with van der Waals surface area (Å²) in [6, 6.07) is 19.1. The number of carbonyl (C=O) groups excluding carboxylic acids is 2. The van der Waals surface area contributed by atoms with Crippen molar-refractivity contribution in [3.63, 3.8) is 0 Å². The third-order valence-electron chi connectivity index (χ3n) is 7.78. The van der Waals surface area contributed by atoms with E-state index in [1.165, 1.54) is 31.0 Å². The number of amides is 2. The van der Waals surface area contributed by atoms with Gasteiger partial charge in [0.1, 0.15) is 16.1 Å². The van der Waals surface area contributed by atoms with Gasteiger partial charge < -0.3 is 20.1 Å². The quantitative estimate of drug-likeness (QED) is 0.255. The Bertz CT molecular complexity index is 1650. The van der Waals surface area contributed by atoms with Crippen LogP contribution >= 0.6 is 23.4 Å². The fraction of sp³-hybridized carbons (Fsp3) is 0.290. The second-order valence-corrected chi connectivity index (χ2v) is 11.9. The van der Waals surface area contributed by atoms with Crippen LogP contribution in [0.1, 0.15) is 31.7 Å². The van der Waals surface area contributed by atoms with E-state index in [1.54, 1.807) is 18.0 Å². The van der Waals surface area contributed by atoms with E-state index in [-0.39, 0.29) is 17.5 Å². The van der Waals surface area contributed by atoms with Gasteiger partial charge in [0.2, 0.25) is 5.95 Å². The van der Waals surface area contributed by atoms with E-state index in [9.17, 15) is 9.59 Å². The molecular weight excluding hydrogens is 556 g/mol. The number of carbonyl (C=O) groups is 2. The molecule has 0 spiro atoms. The smallest absolute Gasteiger partial charge is 0.261 e. The summed E-state index contributed by atoms with van der Waals surface area (Å²) in [5, 5.41) is 4.03. The lowest BCUT2D eigenvalue weighted by Crippen LogP contribution is -2.34. The van der Waals surface area contributed by atoms with E-state index in [0.29, 0.717) is 17.1 Å². The van der Waals surface area contributed by atoms with Crippen LogP contribution in [0.5, 0.6) is 0 Å². The number of benzene rings is 2. The number of halogens is 1. The first-order valence-corrected chi connectivity index (χ1v) is 15.0. The molecular formula is C31H31ClN6O2S. The van der Waals surface area contributed by atoms with Crippen molar-refractivity contribution in [2.24, 2.45) is 0 Å². The van der Waals surface area contributed by atoms with Crippen molar-refractivity contribution in [2.75, 3.05) is 30.4 Å². The van der Waals surface area contributed by atoms with Crippen molar-refractivity contribution in [3.05, 3.63) is 82.4 Å². The van der Waals surface area contributed by atoms with Gasteiger partial charge in [-0.05, 0) is 68.0 Å². The van der Waals surface area contributed by atoms with Gasteiger partial charge in [0, 0.05) is 25.0 Å². The summed E-state index contributed by atoms with van der Waals surface area (Å²) < 4.78 is 0. The third-order valence-corrected chi connectivity index (χ3v) is 9.30. The van der Waals surface area contributed by atoms with Crippen molar-refractivity contribution in [1.82, 2.24) is 19.9 Å². The van der Waals surface area contributed by atoms with Gasteiger partial charge in [0.05, 0.1) is 16.8 Å². The maximum absolute atomic E-state index is 13.4. The van der Waals surface area contributed by atoms with Crippen LogP contribution in [-0.4, -0.2) is 57.8 Å². The molecule has 2 aromatic carbocycles. The number of likely N-dealkylation sites (N-methyl/N-ethyl adjacent to an activating group) is 1. The minimum Gasteiger partial charge on any atom is -0.342 e. The highest BCUT2D eigenvalue weighted by Crippen LogP contribution is 2.38. The van der Waals surface area contributed by atoms with Gasteiger partial charge in [-0.15, -0.1) is 0 Å². The zero-order valence-corrected chi connectivity index (χ0v) is 24.6. The van der Waals surface area contributed by atoms with Gasteiger partial charge in [0.25, 0.3) is 11.8 Å². The lowest BCUT2D eigenvalue weighted by atomic mass is 9.99. The zero-order chi connectivity index (χ0) is 28.5. The molecule has 4 aromatic rings. The fourth-order valence-corrected chi connectivity index (χ4v) is 6.64. The van der Waals surface area contributed by atoms with Crippen molar-refractivity contribution < 1.29 is 9.59 Å². The largest absolute Gasteiger partial charge is 0.342 e. The first-order chi connectivity index (χ1) is 19.9. The van der Waals surface area contributed by atoms with E-state index in [0.717, 1.165) is 51.3 Å². The van der Waals surface area contributed by atoms with Crippen LogP contribution < -0.4 is 10.2 Å². The molecule has 2 aromatic heterocycles. The highest BCUT2D eigenvalue weighted by molar-refractivity contribution is 7.99. The summed E-state index contributed by atoms with van der Waals surface area (Å²) in [6.07, 6.45) is 4.25. The lowest BCUT2D eigenvalue weighted by molar-refractivity contribution is -0.127.